The third-order valence-electron chi connectivity index (χ3n) is 3.70. The van der Waals surface area contributed by atoms with Gasteiger partial charge in [-0.1, -0.05) is 35.3 Å². The summed E-state index contributed by atoms with van der Waals surface area (Å²) in [6, 6.07) is 13.5. The van der Waals surface area contributed by atoms with E-state index in [2.05, 4.69) is 10.3 Å². The van der Waals surface area contributed by atoms with Gasteiger partial charge in [0, 0.05) is 40.3 Å². The first-order valence-electron chi connectivity index (χ1n) is 7.90. The lowest BCUT2D eigenvalue weighted by Crippen LogP contribution is -2.25. The van der Waals surface area contributed by atoms with E-state index in [0.717, 1.165) is 0 Å². The summed E-state index contributed by atoms with van der Waals surface area (Å²) in [4.78, 5) is 28.7. The Morgan fingerprint density at radius 3 is 2.35 bits per heavy atom. The molecule has 132 valence electrons. The van der Waals surface area contributed by atoms with Gasteiger partial charge in [0.05, 0.1) is 5.69 Å². The van der Waals surface area contributed by atoms with E-state index in [1.807, 2.05) is 0 Å². The minimum absolute atomic E-state index is 0.207. The first-order chi connectivity index (χ1) is 12.5. The van der Waals surface area contributed by atoms with Crippen LogP contribution in [-0.2, 0) is 6.42 Å². The number of benzene rings is 2. The Labute approximate surface area is 160 Å². The van der Waals surface area contributed by atoms with E-state index in [1.54, 1.807) is 54.7 Å². The number of amides is 1. The Hall–Kier alpha value is -2.63. The number of hydrogen-bond donors (Lipinski definition) is 1. The second-order valence-corrected chi connectivity index (χ2v) is 6.48. The number of imidazole rings is 1. The second kappa shape index (κ2) is 8.17. The van der Waals surface area contributed by atoms with E-state index >= 15 is 0 Å². The molecule has 0 aliphatic rings. The van der Waals surface area contributed by atoms with Gasteiger partial charge in [0.15, 0.2) is 0 Å². The van der Waals surface area contributed by atoms with Gasteiger partial charge in [-0.2, -0.15) is 0 Å². The summed E-state index contributed by atoms with van der Waals surface area (Å²) < 4.78 is 1.40. The molecule has 0 bridgehead atoms. The Morgan fingerprint density at radius 2 is 1.65 bits per heavy atom. The third kappa shape index (κ3) is 4.50. The molecule has 3 rings (SSSR count). The molecule has 0 atom stereocenters. The fraction of sp³-hybridized carbons (Fsp3) is 0.105. The predicted octanol–water partition coefficient (Wildman–Crippen LogP) is 3.85. The first-order valence-corrected chi connectivity index (χ1v) is 8.65. The van der Waals surface area contributed by atoms with E-state index in [0.29, 0.717) is 39.8 Å². The number of hydrogen-bond acceptors (Lipinski definition) is 3. The van der Waals surface area contributed by atoms with Crippen LogP contribution in [0.25, 0.3) is 0 Å². The molecule has 2 aromatic carbocycles. The molecular weight excluding hydrogens is 373 g/mol. The van der Waals surface area contributed by atoms with Crippen LogP contribution in [0, 0.1) is 0 Å². The van der Waals surface area contributed by atoms with Crippen molar-refractivity contribution >= 4 is 35.0 Å². The van der Waals surface area contributed by atoms with E-state index in [-0.39, 0.29) is 11.8 Å². The highest BCUT2D eigenvalue weighted by molar-refractivity contribution is 6.31. The smallest absolute Gasteiger partial charge is 0.263 e. The largest absolute Gasteiger partial charge is 0.352 e. The van der Waals surface area contributed by atoms with E-state index in [4.69, 9.17) is 23.2 Å². The topological polar surface area (TPSA) is 64.0 Å². The number of nitrogens with one attached hydrogen (secondary N) is 1. The van der Waals surface area contributed by atoms with Crippen molar-refractivity contribution in [3.05, 3.63) is 87.9 Å². The quantitative estimate of drug-likeness (QED) is 0.722. The van der Waals surface area contributed by atoms with Gasteiger partial charge < -0.3 is 5.32 Å². The molecule has 0 spiro atoms. The van der Waals surface area contributed by atoms with E-state index in [9.17, 15) is 9.59 Å². The number of nitrogens with zero attached hydrogens (tertiary/aromatic N) is 2. The summed E-state index contributed by atoms with van der Waals surface area (Å²) >= 11 is 11.8. The second-order valence-electron chi connectivity index (χ2n) is 5.60. The molecule has 1 N–H and O–H groups in total. The van der Waals surface area contributed by atoms with Crippen LogP contribution in [0.15, 0.2) is 61.1 Å². The van der Waals surface area contributed by atoms with Gasteiger partial charge in [-0.25, -0.2) is 4.98 Å². The van der Waals surface area contributed by atoms with Crippen LogP contribution in [0.2, 0.25) is 10.0 Å². The molecule has 0 aliphatic heterocycles. The molecular formula is C19H15Cl2N3O2. The average molecular weight is 388 g/mol. The van der Waals surface area contributed by atoms with Crippen molar-refractivity contribution in [1.29, 1.82) is 0 Å². The van der Waals surface area contributed by atoms with Crippen molar-refractivity contribution in [3.63, 3.8) is 0 Å². The number of carbonyl (C=O) groups excluding carboxylic acids is 2. The molecule has 0 radical (unpaired) electrons. The summed E-state index contributed by atoms with van der Waals surface area (Å²) in [5.74, 6) is -0.420. The molecule has 0 aliphatic carbocycles. The van der Waals surface area contributed by atoms with Crippen LogP contribution in [-0.4, -0.2) is 27.9 Å². The minimum Gasteiger partial charge on any atom is -0.352 e. The van der Waals surface area contributed by atoms with Crippen molar-refractivity contribution in [2.24, 2.45) is 0 Å². The van der Waals surface area contributed by atoms with E-state index < -0.39 is 0 Å². The van der Waals surface area contributed by atoms with Gasteiger partial charge in [-0.3, -0.25) is 14.2 Å². The van der Waals surface area contributed by atoms with Crippen LogP contribution in [0.4, 0.5) is 0 Å². The zero-order valence-electron chi connectivity index (χ0n) is 13.7. The van der Waals surface area contributed by atoms with Crippen molar-refractivity contribution < 1.29 is 9.59 Å². The van der Waals surface area contributed by atoms with Crippen LogP contribution in [0.1, 0.15) is 26.4 Å². The van der Waals surface area contributed by atoms with Crippen molar-refractivity contribution in [2.45, 2.75) is 6.42 Å². The summed E-state index contributed by atoms with van der Waals surface area (Å²) in [6.45, 7) is 0.397. The number of halogens is 2. The molecule has 0 unspecified atom stereocenters. The van der Waals surface area contributed by atoms with Gasteiger partial charge in [0.25, 0.3) is 11.8 Å². The van der Waals surface area contributed by atoms with Crippen molar-refractivity contribution in [2.75, 3.05) is 6.54 Å². The summed E-state index contributed by atoms with van der Waals surface area (Å²) in [5.41, 5.74) is 1.68. The van der Waals surface area contributed by atoms with Gasteiger partial charge >= 0.3 is 0 Å². The highest BCUT2D eigenvalue weighted by Gasteiger charge is 2.11. The van der Waals surface area contributed by atoms with Crippen LogP contribution < -0.4 is 5.32 Å². The number of rotatable bonds is 5. The number of aromatic nitrogens is 2. The monoisotopic (exact) mass is 387 g/mol. The van der Waals surface area contributed by atoms with Crippen molar-refractivity contribution in [3.8, 4) is 0 Å². The summed E-state index contributed by atoms with van der Waals surface area (Å²) in [7, 11) is 0. The standard InChI is InChI=1S/C19H15Cl2N3O2/c20-15-5-1-3-13(9-15)18(25)22-8-7-17-11-24(12-23-17)19(26)14-4-2-6-16(21)10-14/h1-6,9-12H,7-8H2,(H,22,25). The zero-order chi connectivity index (χ0) is 18.5. The van der Waals surface area contributed by atoms with Crippen LogP contribution >= 0.6 is 23.2 Å². The first kappa shape index (κ1) is 18.2. The molecule has 7 heteroatoms. The Morgan fingerprint density at radius 1 is 1.00 bits per heavy atom. The highest BCUT2D eigenvalue weighted by atomic mass is 35.5. The Bertz CT molecular complexity index is 953. The fourth-order valence-electron chi connectivity index (χ4n) is 2.41. The molecule has 26 heavy (non-hydrogen) atoms. The minimum atomic E-state index is -0.214. The normalized spacial score (nSPS) is 10.5. The molecule has 0 saturated heterocycles. The Kier molecular flexibility index (Phi) is 5.71. The summed E-state index contributed by atoms with van der Waals surface area (Å²) in [5, 5.41) is 3.81. The van der Waals surface area contributed by atoms with Crippen LogP contribution in [0.5, 0.6) is 0 Å². The highest BCUT2D eigenvalue weighted by Crippen LogP contribution is 2.13. The lowest BCUT2D eigenvalue weighted by molar-refractivity contribution is 0.0947. The molecule has 0 fully saturated rings. The zero-order valence-corrected chi connectivity index (χ0v) is 15.2. The van der Waals surface area contributed by atoms with Crippen LogP contribution in [0.3, 0.4) is 0 Å². The molecule has 3 aromatic rings. The lowest BCUT2D eigenvalue weighted by Gasteiger charge is -2.04. The Balaban J connectivity index is 1.57. The molecule has 1 amide bonds. The maximum atomic E-state index is 12.4. The maximum Gasteiger partial charge on any atom is 0.263 e. The van der Waals surface area contributed by atoms with Gasteiger partial charge in [-0.05, 0) is 36.4 Å². The predicted molar refractivity (Wildman–Crippen MR) is 101 cm³/mol. The summed E-state index contributed by atoms with van der Waals surface area (Å²) in [6.07, 6.45) is 3.61. The van der Waals surface area contributed by atoms with Gasteiger partial charge in [0.1, 0.15) is 6.33 Å². The molecule has 5 nitrogen and oxygen atoms in total. The maximum absolute atomic E-state index is 12.4. The SMILES string of the molecule is O=C(NCCc1cn(C(=O)c2cccc(Cl)c2)cn1)c1cccc(Cl)c1. The lowest BCUT2D eigenvalue weighted by atomic mass is 10.2. The number of carbonyl (C=O) groups is 2. The third-order valence-corrected chi connectivity index (χ3v) is 4.17. The molecule has 1 heterocycles. The van der Waals surface area contributed by atoms with Crippen molar-refractivity contribution in [1.82, 2.24) is 14.9 Å². The van der Waals surface area contributed by atoms with E-state index in [1.165, 1.54) is 10.9 Å². The molecule has 1 aromatic heterocycles. The fourth-order valence-corrected chi connectivity index (χ4v) is 2.79. The molecule has 0 saturated carbocycles. The van der Waals surface area contributed by atoms with Gasteiger partial charge in [0.2, 0.25) is 0 Å². The average Bonchev–Trinajstić information content (AvgIpc) is 3.10. The van der Waals surface area contributed by atoms with Gasteiger partial charge in [-0.15, -0.1) is 0 Å².